The van der Waals surface area contributed by atoms with E-state index in [-0.39, 0.29) is 6.71 Å². The molecule has 0 aromatic heterocycles. The van der Waals surface area contributed by atoms with Gasteiger partial charge in [0.1, 0.15) is 23.0 Å². The molecule has 0 N–H and O–H groups in total. The maximum absolute atomic E-state index is 6.41. The Bertz CT molecular complexity index is 1400. The van der Waals surface area contributed by atoms with Gasteiger partial charge in [0.25, 0.3) is 6.71 Å². The second kappa shape index (κ2) is 7.14. The molecule has 2 aliphatic heterocycles. The van der Waals surface area contributed by atoms with Gasteiger partial charge in [0.05, 0.1) is 0 Å². The fourth-order valence-electron chi connectivity index (χ4n) is 5.04. The topological polar surface area (TPSA) is 18.5 Å². The molecule has 5 aromatic rings. The molecular formula is C30H19BO2. The van der Waals surface area contributed by atoms with Gasteiger partial charge in [-0.15, -0.1) is 0 Å². The van der Waals surface area contributed by atoms with Gasteiger partial charge in [-0.3, -0.25) is 0 Å². The van der Waals surface area contributed by atoms with Crippen molar-refractivity contribution in [2.24, 2.45) is 0 Å². The van der Waals surface area contributed by atoms with Crippen molar-refractivity contribution < 1.29 is 9.47 Å². The SMILES string of the molecule is c1ccc(-c2ccc3c(c2)Oc2cccc4c2B3c2ccc(-c3ccccc3)cc2O4)cc1. The zero-order chi connectivity index (χ0) is 21.8. The molecule has 0 spiro atoms. The highest BCUT2D eigenvalue weighted by molar-refractivity contribution is 6.98. The summed E-state index contributed by atoms with van der Waals surface area (Å²) in [6.45, 7) is 0.0818. The molecule has 33 heavy (non-hydrogen) atoms. The van der Waals surface area contributed by atoms with Gasteiger partial charge < -0.3 is 9.47 Å². The normalized spacial score (nSPS) is 12.7. The van der Waals surface area contributed by atoms with Crippen molar-refractivity contribution >= 4 is 23.1 Å². The lowest BCUT2D eigenvalue weighted by atomic mass is 9.35. The third-order valence-corrected chi connectivity index (χ3v) is 6.62. The van der Waals surface area contributed by atoms with Crippen LogP contribution in [0.1, 0.15) is 0 Å². The minimum absolute atomic E-state index is 0.0818. The Morgan fingerprint density at radius 2 is 0.879 bits per heavy atom. The van der Waals surface area contributed by atoms with Crippen LogP contribution in [-0.4, -0.2) is 6.71 Å². The molecule has 0 saturated heterocycles. The van der Waals surface area contributed by atoms with Crippen LogP contribution in [0.5, 0.6) is 23.0 Å². The Morgan fingerprint density at radius 1 is 0.394 bits per heavy atom. The van der Waals surface area contributed by atoms with Gasteiger partial charge in [-0.2, -0.15) is 0 Å². The fraction of sp³-hybridized carbons (Fsp3) is 0. The first kappa shape index (κ1) is 18.3. The lowest BCUT2D eigenvalue weighted by Gasteiger charge is -2.33. The molecule has 0 aliphatic carbocycles. The summed E-state index contributed by atoms with van der Waals surface area (Å²) in [6, 6.07) is 40.1. The summed E-state index contributed by atoms with van der Waals surface area (Å²) in [6.07, 6.45) is 0. The van der Waals surface area contributed by atoms with E-state index < -0.39 is 0 Å². The molecule has 154 valence electrons. The van der Waals surface area contributed by atoms with Gasteiger partial charge in [-0.05, 0) is 57.4 Å². The number of rotatable bonds is 2. The maximum atomic E-state index is 6.41. The Morgan fingerprint density at radius 3 is 1.36 bits per heavy atom. The Kier molecular flexibility index (Phi) is 3.97. The van der Waals surface area contributed by atoms with Gasteiger partial charge in [0.2, 0.25) is 0 Å². The molecule has 5 aromatic carbocycles. The van der Waals surface area contributed by atoms with Gasteiger partial charge in [0, 0.05) is 5.46 Å². The summed E-state index contributed by atoms with van der Waals surface area (Å²) in [7, 11) is 0. The van der Waals surface area contributed by atoms with E-state index in [0.717, 1.165) is 39.6 Å². The van der Waals surface area contributed by atoms with Crippen LogP contribution in [0, 0.1) is 0 Å². The van der Waals surface area contributed by atoms with Gasteiger partial charge >= 0.3 is 0 Å². The van der Waals surface area contributed by atoms with Crippen LogP contribution in [-0.2, 0) is 0 Å². The number of ether oxygens (including phenoxy) is 2. The zero-order valence-electron chi connectivity index (χ0n) is 17.9. The van der Waals surface area contributed by atoms with Crippen molar-refractivity contribution in [1.82, 2.24) is 0 Å². The van der Waals surface area contributed by atoms with Crippen LogP contribution >= 0.6 is 0 Å². The molecular weight excluding hydrogens is 403 g/mol. The highest BCUT2D eigenvalue weighted by Crippen LogP contribution is 2.36. The number of fused-ring (bicyclic) bond motifs is 4. The minimum atomic E-state index is 0.0818. The lowest BCUT2D eigenvalue weighted by Crippen LogP contribution is -2.57. The van der Waals surface area contributed by atoms with Crippen LogP contribution in [0.3, 0.4) is 0 Å². The highest BCUT2D eigenvalue weighted by atomic mass is 16.5. The monoisotopic (exact) mass is 422 g/mol. The van der Waals surface area contributed by atoms with E-state index in [1.165, 1.54) is 22.1 Å². The van der Waals surface area contributed by atoms with Crippen molar-refractivity contribution in [2.75, 3.05) is 0 Å². The highest BCUT2D eigenvalue weighted by Gasteiger charge is 2.40. The minimum Gasteiger partial charge on any atom is -0.458 e. The van der Waals surface area contributed by atoms with E-state index in [4.69, 9.17) is 9.47 Å². The molecule has 3 heteroatoms. The van der Waals surface area contributed by atoms with E-state index in [9.17, 15) is 0 Å². The second-order valence-electron chi connectivity index (χ2n) is 8.54. The van der Waals surface area contributed by atoms with Crippen LogP contribution in [0.15, 0.2) is 115 Å². The van der Waals surface area contributed by atoms with Gasteiger partial charge in [-0.25, -0.2) is 0 Å². The van der Waals surface area contributed by atoms with Gasteiger partial charge in [0.15, 0.2) is 0 Å². The van der Waals surface area contributed by atoms with Gasteiger partial charge in [-0.1, -0.05) is 91.0 Å². The van der Waals surface area contributed by atoms with E-state index in [1.807, 2.05) is 30.3 Å². The van der Waals surface area contributed by atoms with Crippen molar-refractivity contribution in [3.63, 3.8) is 0 Å². The number of hydrogen-bond acceptors (Lipinski definition) is 2. The Hall–Kier alpha value is -4.24. The predicted octanol–water partition coefficient (Wildman–Crippen LogP) is 5.75. The van der Waals surface area contributed by atoms with Crippen LogP contribution in [0.2, 0.25) is 0 Å². The molecule has 2 heterocycles. The summed E-state index contributed by atoms with van der Waals surface area (Å²) in [5.41, 5.74) is 8.13. The summed E-state index contributed by atoms with van der Waals surface area (Å²) >= 11 is 0. The molecule has 0 amide bonds. The molecule has 0 saturated carbocycles. The summed E-state index contributed by atoms with van der Waals surface area (Å²) in [5, 5.41) is 0. The Balaban J connectivity index is 1.40. The standard InChI is InChI=1S/C30H19BO2/c1-3-8-20(9-4-1)22-14-16-24-28(18-22)32-26-12-7-13-27-30(26)31(24)25-17-15-23(19-29(25)33-27)21-10-5-2-6-11-21/h1-19H. The van der Waals surface area contributed by atoms with Crippen molar-refractivity contribution in [3.8, 4) is 45.3 Å². The first-order chi connectivity index (χ1) is 16.3. The quantitative estimate of drug-likeness (QED) is 0.331. The first-order valence-electron chi connectivity index (χ1n) is 11.2. The second-order valence-corrected chi connectivity index (χ2v) is 8.54. The van der Waals surface area contributed by atoms with Crippen molar-refractivity contribution in [2.45, 2.75) is 0 Å². The summed E-state index contributed by atoms with van der Waals surface area (Å²) in [4.78, 5) is 0. The van der Waals surface area contributed by atoms with E-state index >= 15 is 0 Å². The molecule has 0 fully saturated rings. The lowest BCUT2D eigenvalue weighted by molar-refractivity contribution is 0.464. The third-order valence-electron chi connectivity index (χ3n) is 6.62. The van der Waals surface area contributed by atoms with Crippen LogP contribution < -0.4 is 25.9 Å². The first-order valence-corrected chi connectivity index (χ1v) is 11.2. The van der Waals surface area contributed by atoms with Crippen LogP contribution in [0.4, 0.5) is 0 Å². The molecule has 0 radical (unpaired) electrons. The average Bonchev–Trinajstić information content (AvgIpc) is 2.89. The number of benzene rings is 5. The molecule has 7 rings (SSSR count). The largest absolute Gasteiger partial charge is 0.458 e. The third kappa shape index (κ3) is 2.90. The molecule has 0 unspecified atom stereocenters. The molecule has 0 atom stereocenters. The van der Waals surface area contributed by atoms with Crippen molar-refractivity contribution in [1.29, 1.82) is 0 Å². The molecule has 2 aliphatic rings. The van der Waals surface area contributed by atoms with Crippen molar-refractivity contribution in [3.05, 3.63) is 115 Å². The Labute approximate surface area is 193 Å². The summed E-state index contributed by atoms with van der Waals surface area (Å²) < 4.78 is 12.8. The molecule has 2 nitrogen and oxygen atoms in total. The van der Waals surface area contributed by atoms with E-state index in [1.54, 1.807) is 0 Å². The fourth-order valence-corrected chi connectivity index (χ4v) is 5.04. The average molecular weight is 422 g/mol. The molecule has 0 bridgehead atoms. The zero-order valence-corrected chi connectivity index (χ0v) is 17.9. The van der Waals surface area contributed by atoms with E-state index in [2.05, 4.69) is 84.9 Å². The smallest absolute Gasteiger partial charge is 0.260 e. The maximum Gasteiger partial charge on any atom is 0.260 e. The predicted molar refractivity (Wildman–Crippen MR) is 135 cm³/mol. The summed E-state index contributed by atoms with van der Waals surface area (Å²) in [5.74, 6) is 3.55. The van der Waals surface area contributed by atoms with E-state index in [0.29, 0.717) is 0 Å². The number of hydrogen-bond donors (Lipinski definition) is 0. The van der Waals surface area contributed by atoms with Crippen LogP contribution in [0.25, 0.3) is 22.3 Å².